The minimum absolute atomic E-state index is 0.00161. The lowest BCUT2D eigenvalue weighted by Crippen LogP contribution is -2.30. The van der Waals surface area contributed by atoms with E-state index in [-0.39, 0.29) is 5.91 Å². The molecule has 0 aliphatic heterocycles. The van der Waals surface area contributed by atoms with Gasteiger partial charge in [-0.15, -0.1) is 0 Å². The summed E-state index contributed by atoms with van der Waals surface area (Å²) in [4.78, 5) is 16.9. The molecule has 0 bridgehead atoms. The predicted molar refractivity (Wildman–Crippen MR) is 100.0 cm³/mol. The monoisotopic (exact) mass is 333 g/mol. The van der Waals surface area contributed by atoms with E-state index in [1.54, 1.807) is 0 Å². The number of carbonyl (C=O) groups excluding carboxylic acids is 1. The molecule has 25 heavy (non-hydrogen) atoms. The van der Waals surface area contributed by atoms with E-state index >= 15 is 0 Å². The largest absolute Gasteiger partial charge is 0.352 e. The van der Waals surface area contributed by atoms with Crippen LogP contribution in [0.1, 0.15) is 42.5 Å². The van der Waals surface area contributed by atoms with Crippen LogP contribution in [0.2, 0.25) is 0 Å². The number of hydrogen-bond acceptors (Lipinski definition) is 2. The smallest absolute Gasteiger partial charge is 0.251 e. The molecule has 0 atom stereocenters. The van der Waals surface area contributed by atoms with Gasteiger partial charge >= 0.3 is 0 Å². The first kappa shape index (κ1) is 15.9. The Morgan fingerprint density at radius 3 is 2.68 bits per heavy atom. The molecule has 1 aliphatic rings. The molecule has 1 fully saturated rings. The summed E-state index contributed by atoms with van der Waals surface area (Å²) in [5, 5.41) is 3.10. The third kappa shape index (κ3) is 3.43. The average Bonchev–Trinajstić information content (AvgIpc) is 3.11. The normalized spacial score (nSPS) is 15.4. The van der Waals surface area contributed by atoms with Crippen LogP contribution in [0.5, 0.6) is 0 Å². The molecular formula is C21H23N3O. The molecule has 0 spiro atoms. The molecule has 1 amide bonds. The summed E-state index contributed by atoms with van der Waals surface area (Å²) in [5.41, 5.74) is 3.60. The number of hydrogen-bond donors (Lipinski definition) is 1. The maximum Gasteiger partial charge on any atom is 0.251 e. The Morgan fingerprint density at radius 1 is 1.08 bits per heavy atom. The van der Waals surface area contributed by atoms with E-state index in [2.05, 4.69) is 10.3 Å². The Hall–Kier alpha value is -2.62. The number of nitrogens with one attached hydrogen (secondary N) is 1. The SMILES string of the molecule is O=C(NCC1CCCCC1)c1ccc2c(c1)ncn2-c1ccccc1. The molecule has 0 saturated heterocycles. The molecule has 128 valence electrons. The Morgan fingerprint density at radius 2 is 1.88 bits per heavy atom. The van der Waals surface area contributed by atoms with Crippen molar-refractivity contribution in [3.63, 3.8) is 0 Å². The van der Waals surface area contributed by atoms with Crippen molar-refractivity contribution in [1.82, 2.24) is 14.9 Å². The van der Waals surface area contributed by atoms with Crippen LogP contribution in [0, 0.1) is 5.92 Å². The van der Waals surface area contributed by atoms with Gasteiger partial charge in [-0.05, 0) is 49.1 Å². The molecule has 1 N–H and O–H groups in total. The Labute approximate surface area is 147 Å². The van der Waals surface area contributed by atoms with Crippen molar-refractivity contribution in [3.8, 4) is 5.69 Å². The fourth-order valence-corrected chi connectivity index (χ4v) is 3.68. The molecule has 4 rings (SSSR count). The third-order valence-corrected chi connectivity index (χ3v) is 5.12. The summed E-state index contributed by atoms with van der Waals surface area (Å²) in [7, 11) is 0. The number of nitrogens with zero attached hydrogens (tertiary/aromatic N) is 2. The highest BCUT2D eigenvalue weighted by Gasteiger charge is 2.15. The predicted octanol–water partition coefficient (Wildman–Crippen LogP) is 4.34. The molecule has 1 heterocycles. The molecule has 1 aromatic heterocycles. The van der Waals surface area contributed by atoms with Crippen LogP contribution in [0.3, 0.4) is 0 Å². The second-order valence-electron chi connectivity index (χ2n) is 6.87. The van der Waals surface area contributed by atoms with E-state index in [1.165, 1.54) is 32.1 Å². The van der Waals surface area contributed by atoms with Gasteiger partial charge in [-0.2, -0.15) is 0 Å². The topological polar surface area (TPSA) is 46.9 Å². The average molecular weight is 333 g/mol. The van der Waals surface area contributed by atoms with Crippen LogP contribution >= 0.6 is 0 Å². The Kier molecular flexibility index (Phi) is 4.51. The van der Waals surface area contributed by atoms with Crippen molar-refractivity contribution in [2.75, 3.05) is 6.54 Å². The second-order valence-corrected chi connectivity index (χ2v) is 6.87. The molecular weight excluding hydrogens is 310 g/mol. The number of fused-ring (bicyclic) bond motifs is 1. The van der Waals surface area contributed by atoms with E-state index in [9.17, 15) is 4.79 Å². The summed E-state index contributed by atoms with van der Waals surface area (Å²) in [6, 6.07) is 15.9. The van der Waals surface area contributed by atoms with Gasteiger partial charge in [0.1, 0.15) is 6.33 Å². The minimum Gasteiger partial charge on any atom is -0.352 e. The van der Waals surface area contributed by atoms with Crippen molar-refractivity contribution < 1.29 is 4.79 Å². The van der Waals surface area contributed by atoms with Crippen LogP contribution in [0.4, 0.5) is 0 Å². The highest BCUT2D eigenvalue weighted by atomic mass is 16.1. The van der Waals surface area contributed by atoms with Crippen LogP contribution in [0.15, 0.2) is 54.9 Å². The molecule has 3 aromatic rings. The maximum atomic E-state index is 12.5. The summed E-state index contributed by atoms with van der Waals surface area (Å²) in [5.74, 6) is 0.639. The van der Waals surface area contributed by atoms with Crippen LogP contribution < -0.4 is 5.32 Å². The van der Waals surface area contributed by atoms with Crippen LogP contribution in [-0.2, 0) is 0 Å². The van der Waals surface area contributed by atoms with Crippen LogP contribution in [-0.4, -0.2) is 22.0 Å². The van der Waals surface area contributed by atoms with E-state index in [1.807, 2.05) is 59.4 Å². The number of benzene rings is 2. The summed E-state index contributed by atoms with van der Waals surface area (Å²) >= 11 is 0. The summed E-state index contributed by atoms with van der Waals surface area (Å²) in [6.45, 7) is 0.787. The molecule has 4 nitrogen and oxygen atoms in total. The number of aromatic nitrogens is 2. The molecule has 0 unspecified atom stereocenters. The number of rotatable bonds is 4. The lowest BCUT2D eigenvalue weighted by Gasteiger charge is -2.21. The molecule has 2 aromatic carbocycles. The fraction of sp³-hybridized carbons (Fsp3) is 0.333. The lowest BCUT2D eigenvalue weighted by atomic mass is 9.89. The quantitative estimate of drug-likeness (QED) is 0.772. The zero-order chi connectivity index (χ0) is 17.1. The van der Waals surface area contributed by atoms with E-state index in [4.69, 9.17) is 0 Å². The summed E-state index contributed by atoms with van der Waals surface area (Å²) < 4.78 is 2.04. The Balaban J connectivity index is 1.50. The third-order valence-electron chi connectivity index (χ3n) is 5.12. The lowest BCUT2D eigenvalue weighted by molar-refractivity contribution is 0.0943. The van der Waals surface area contributed by atoms with E-state index in [0.717, 1.165) is 23.3 Å². The van der Waals surface area contributed by atoms with E-state index < -0.39 is 0 Å². The van der Waals surface area contributed by atoms with Crippen molar-refractivity contribution >= 4 is 16.9 Å². The van der Waals surface area contributed by atoms with Crippen LogP contribution in [0.25, 0.3) is 16.7 Å². The van der Waals surface area contributed by atoms with Gasteiger partial charge in [0.05, 0.1) is 11.0 Å². The first-order valence-corrected chi connectivity index (χ1v) is 9.12. The molecule has 1 saturated carbocycles. The highest BCUT2D eigenvalue weighted by molar-refractivity contribution is 5.97. The number of para-hydroxylation sites is 1. The van der Waals surface area contributed by atoms with Gasteiger partial charge < -0.3 is 5.32 Å². The first-order valence-electron chi connectivity index (χ1n) is 9.12. The molecule has 0 radical (unpaired) electrons. The molecule has 1 aliphatic carbocycles. The van der Waals surface area contributed by atoms with Gasteiger partial charge in [0.2, 0.25) is 0 Å². The second kappa shape index (κ2) is 7.09. The summed E-state index contributed by atoms with van der Waals surface area (Å²) in [6.07, 6.45) is 8.21. The first-order chi connectivity index (χ1) is 12.3. The van der Waals surface area contributed by atoms with Crippen molar-refractivity contribution in [3.05, 3.63) is 60.4 Å². The van der Waals surface area contributed by atoms with Crippen molar-refractivity contribution in [2.24, 2.45) is 5.92 Å². The van der Waals surface area contributed by atoms with Crippen molar-refractivity contribution in [2.45, 2.75) is 32.1 Å². The van der Waals surface area contributed by atoms with E-state index in [0.29, 0.717) is 11.5 Å². The van der Waals surface area contributed by atoms with Gasteiger partial charge in [-0.25, -0.2) is 4.98 Å². The van der Waals surface area contributed by atoms with Gasteiger partial charge in [-0.3, -0.25) is 9.36 Å². The number of imidazole rings is 1. The Bertz CT molecular complexity index is 863. The van der Waals surface area contributed by atoms with Gasteiger partial charge in [0.25, 0.3) is 5.91 Å². The van der Waals surface area contributed by atoms with Gasteiger partial charge in [0.15, 0.2) is 0 Å². The molecule has 4 heteroatoms. The zero-order valence-corrected chi connectivity index (χ0v) is 14.3. The van der Waals surface area contributed by atoms with Gasteiger partial charge in [-0.1, -0.05) is 37.5 Å². The van der Waals surface area contributed by atoms with Gasteiger partial charge in [0, 0.05) is 17.8 Å². The number of carbonyl (C=O) groups is 1. The zero-order valence-electron chi connectivity index (χ0n) is 14.3. The minimum atomic E-state index is 0.00161. The maximum absolute atomic E-state index is 12.5. The van der Waals surface area contributed by atoms with Crippen molar-refractivity contribution in [1.29, 1.82) is 0 Å². The highest BCUT2D eigenvalue weighted by Crippen LogP contribution is 2.23. The number of amides is 1. The standard InChI is InChI=1S/C21H23N3O/c25-21(22-14-16-7-3-1-4-8-16)17-11-12-20-19(13-17)23-15-24(20)18-9-5-2-6-10-18/h2,5-6,9-13,15-16H,1,3-4,7-8,14H2,(H,22,25). The fourth-order valence-electron chi connectivity index (χ4n) is 3.68.